The van der Waals surface area contributed by atoms with E-state index in [1.54, 1.807) is 0 Å². The lowest BCUT2D eigenvalue weighted by atomic mass is 9.77. The molecule has 0 fully saturated rings. The van der Waals surface area contributed by atoms with Gasteiger partial charge in [0, 0.05) is 12.0 Å². The highest BCUT2D eigenvalue weighted by Gasteiger charge is 2.29. The SMILES string of the molecule is CCOC(=O)NCC(C)(CCN(C)C)c1cccc2ccccc12. The fourth-order valence-corrected chi connectivity index (χ4v) is 2.99. The molecule has 0 aliphatic rings. The van der Waals surface area contributed by atoms with Crippen LogP contribution in [-0.4, -0.2) is 44.8 Å². The Labute approximate surface area is 144 Å². The summed E-state index contributed by atoms with van der Waals surface area (Å²) in [6.45, 7) is 5.91. The lowest BCUT2D eigenvalue weighted by Crippen LogP contribution is -2.41. The normalized spacial score (nSPS) is 13.7. The molecular weight excluding hydrogens is 300 g/mol. The predicted molar refractivity (Wildman–Crippen MR) is 99.5 cm³/mol. The molecule has 2 aromatic carbocycles. The van der Waals surface area contributed by atoms with Crippen LogP contribution in [0.4, 0.5) is 4.79 Å². The van der Waals surface area contributed by atoms with E-state index in [4.69, 9.17) is 4.74 Å². The van der Waals surface area contributed by atoms with Crippen molar-refractivity contribution in [3.63, 3.8) is 0 Å². The Morgan fingerprint density at radius 2 is 1.88 bits per heavy atom. The van der Waals surface area contributed by atoms with Gasteiger partial charge in [-0.25, -0.2) is 4.79 Å². The molecule has 4 nitrogen and oxygen atoms in total. The molecule has 0 aliphatic carbocycles. The standard InChI is InChI=1S/C20H28N2O2/c1-5-24-19(23)21-15-20(2,13-14-22(3)4)18-12-8-10-16-9-6-7-11-17(16)18/h6-12H,5,13-15H2,1-4H3,(H,21,23). The molecular formula is C20H28N2O2. The number of carbonyl (C=O) groups excluding carboxylic acids is 1. The summed E-state index contributed by atoms with van der Waals surface area (Å²) in [5.74, 6) is 0. The van der Waals surface area contributed by atoms with Gasteiger partial charge in [-0.05, 0) is 50.3 Å². The van der Waals surface area contributed by atoms with Gasteiger partial charge in [0.15, 0.2) is 0 Å². The van der Waals surface area contributed by atoms with Crippen LogP contribution < -0.4 is 5.32 Å². The molecule has 0 heterocycles. The topological polar surface area (TPSA) is 41.6 Å². The van der Waals surface area contributed by atoms with E-state index in [0.29, 0.717) is 13.2 Å². The quantitative estimate of drug-likeness (QED) is 0.840. The smallest absolute Gasteiger partial charge is 0.407 e. The third-order valence-electron chi connectivity index (χ3n) is 4.45. The average Bonchev–Trinajstić information content (AvgIpc) is 2.58. The Balaban J connectivity index is 2.34. The summed E-state index contributed by atoms with van der Waals surface area (Å²) in [7, 11) is 4.14. The van der Waals surface area contributed by atoms with Crippen molar-refractivity contribution >= 4 is 16.9 Å². The second-order valence-electron chi connectivity index (χ2n) is 6.71. The number of fused-ring (bicyclic) bond motifs is 1. The molecule has 0 aromatic heterocycles. The number of carbonyl (C=O) groups is 1. The molecule has 130 valence electrons. The van der Waals surface area contributed by atoms with Gasteiger partial charge in [-0.1, -0.05) is 49.4 Å². The van der Waals surface area contributed by atoms with E-state index in [9.17, 15) is 4.79 Å². The molecule has 2 aromatic rings. The van der Waals surface area contributed by atoms with Crippen LogP contribution in [0.15, 0.2) is 42.5 Å². The number of rotatable bonds is 7. The lowest BCUT2D eigenvalue weighted by molar-refractivity contribution is 0.149. The lowest BCUT2D eigenvalue weighted by Gasteiger charge is -2.32. The maximum absolute atomic E-state index is 11.8. The Morgan fingerprint density at radius 1 is 1.17 bits per heavy atom. The summed E-state index contributed by atoms with van der Waals surface area (Å²) in [5.41, 5.74) is 1.09. The molecule has 1 N–H and O–H groups in total. The van der Waals surface area contributed by atoms with Crippen molar-refractivity contribution in [3.8, 4) is 0 Å². The van der Waals surface area contributed by atoms with Gasteiger partial charge >= 0.3 is 6.09 Å². The highest BCUT2D eigenvalue weighted by molar-refractivity contribution is 5.86. The molecule has 0 saturated carbocycles. The van der Waals surface area contributed by atoms with Crippen LogP contribution in [0.25, 0.3) is 10.8 Å². The Kier molecular flexibility index (Phi) is 6.21. The minimum atomic E-state index is -0.353. The maximum Gasteiger partial charge on any atom is 0.407 e. The van der Waals surface area contributed by atoms with E-state index in [1.807, 2.05) is 6.92 Å². The van der Waals surface area contributed by atoms with Crippen molar-refractivity contribution in [3.05, 3.63) is 48.0 Å². The van der Waals surface area contributed by atoms with Gasteiger partial charge in [0.05, 0.1) is 6.61 Å². The van der Waals surface area contributed by atoms with Crippen molar-refractivity contribution in [2.75, 3.05) is 33.8 Å². The van der Waals surface area contributed by atoms with E-state index < -0.39 is 0 Å². The second-order valence-corrected chi connectivity index (χ2v) is 6.71. The molecule has 4 heteroatoms. The van der Waals surface area contributed by atoms with E-state index in [2.05, 4.69) is 73.7 Å². The van der Waals surface area contributed by atoms with Gasteiger partial charge in [-0.2, -0.15) is 0 Å². The highest BCUT2D eigenvalue weighted by Crippen LogP contribution is 2.33. The average molecular weight is 328 g/mol. The van der Waals surface area contributed by atoms with Crippen molar-refractivity contribution < 1.29 is 9.53 Å². The van der Waals surface area contributed by atoms with Gasteiger partial charge < -0.3 is 15.0 Å². The number of nitrogens with one attached hydrogen (secondary N) is 1. The molecule has 0 bridgehead atoms. The zero-order chi connectivity index (χ0) is 17.6. The molecule has 0 radical (unpaired) electrons. The van der Waals surface area contributed by atoms with Crippen molar-refractivity contribution in [2.24, 2.45) is 0 Å². The summed E-state index contributed by atoms with van der Waals surface area (Å²) in [5, 5.41) is 5.40. The van der Waals surface area contributed by atoms with Crippen LogP contribution in [0, 0.1) is 0 Å². The van der Waals surface area contributed by atoms with Crippen molar-refractivity contribution in [2.45, 2.75) is 25.7 Å². The summed E-state index contributed by atoms with van der Waals surface area (Å²) >= 11 is 0. The highest BCUT2D eigenvalue weighted by atomic mass is 16.5. The van der Waals surface area contributed by atoms with Gasteiger partial charge in [0.1, 0.15) is 0 Å². The minimum Gasteiger partial charge on any atom is -0.450 e. The Hall–Kier alpha value is -2.07. The fourth-order valence-electron chi connectivity index (χ4n) is 2.99. The van der Waals surface area contributed by atoms with Crippen LogP contribution in [0.1, 0.15) is 25.8 Å². The summed E-state index contributed by atoms with van der Waals surface area (Å²) in [4.78, 5) is 14.0. The van der Waals surface area contributed by atoms with Crippen LogP contribution in [0.2, 0.25) is 0 Å². The summed E-state index contributed by atoms with van der Waals surface area (Å²) < 4.78 is 5.03. The number of alkyl carbamates (subject to hydrolysis) is 1. The number of hydrogen-bond acceptors (Lipinski definition) is 3. The molecule has 0 spiro atoms. The first-order chi connectivity index (χ1) is 11.5. The number of benzene rings is 2. The molecule has 24 heavy (non-hydrogen) atoms. The first-order valence-electron chi connectivity index (χ1n) is 8.50. The molecule has 1 unspecified atom stereocenters. The van der Waals surface area contributed by atoms with Crippen molar-refractivity contribution in [1.29, 1.82) is 0 Å². The molecule has 0 saturated heterocycles. The first-order valence-corrected chi connectivity index (χ1v) is 8.50. The van der Waals surface area contributed by atoms with Crippen LogP contribution >= 0.6 is 0 Å². The number of amides is 1. The number of nitrogens with zero attached hydrogens (tertiary/aromatic N) is 1. The monoisotopic (exact) mass is 328 g/mol. The van der Waals surface area contributed by atoms with Gasteiger partial charge in [0.2, 0.25) is 0 Å². The molecule has 2 rings (SSSR count). The van der Waals surface area contributed by atoms with E-state index in [-0.39, 0.29) is 11.5 Å². The van der Waals surface area contributed by atoms with Crippen LogP contribution in [0.5, 0.6) is 0 Å². The van der Waals surface area contributed by atoms with Crippen molar-refractivity contribution in [1.82, 2.24) is 10.2 Å². The molecule has 1 amide bonds. The third kappa shape index (κ3) is 4.48. The largest absolute Gasteiger partial charge is 0.450 e. The van der Waals surface area contributed by atoms with Crippen LogP contribution in [-0.2, 0) is 10.2 Å². The molecule has 0 aliphatic heterocycles. The summed E-state index contributed by atoms with van der Waals surface area (Å²) in [6.07, 6.45) is 0.592. The van der Waals surface area contributed by atoms with Crippen LogP contribution in [0.3, 0.4) is 0 Å². The van der Waals surface area contributed by atoms with E-state index in [0.717, 1.165) is 13.0 Å². The minimum absolute atomic E-state index is 0.169. The fraction of sp³-hybridized carbons (Fsp3) is 0.450. The second kappa shape index (κ2) is 8.15. The third-order valence-corrected chi connectivity index (χ3v) is 4.45. The summed E-state index contributed by atoms with van der Waals surface area (Å²) in [6, 6.07) is 14.8. The Bertz CT molecular complexity index is 679. The van der Waals surface area contributed by atoms with Gasteiger partial charge in [0.25, 0.3) is 0 Å². The van der Waals surface area contributed by atoms with Gasteiger partial charge in [-0.15, -0.1) is 0 Å². The number of hydrogen-bond donors (Lipinski definition) is 1. The predicted octanol–water partition coefficient (Wildman–Crippen LogP) is 3.80. The zero-order valence-corrected chi connectivity index (χ0v) is 15.1. The van der Waals surface area contributed by atoms with E-state index >= 15 is 0 Å². The van der Waals surface area contributed by atoms with E-state index in [1.165, 1.54) is 16.3 Å². The maximum atomic E-state index is 11.8. The Morgan fingerprint density at radius 3 is 2.58 bits per heavy atom. The number of ether oxygens (including phenoxy) is 1. The zero-order valence-electron chi connectivity index (χ0n) is 15.1. The first kappa shape index (κ1) is 18.3. The molecule has 1 atom stereocenters. The van der Waals surface area contributed by atoms with Gasteiger partial charge in [-0.3, -0.25) is 0 Å².